The second-order valence-electron chi connectivity index (χ2n) is 8.33. The molecule has 4 N–H and O–H groups in total. The molecule has 2 aromatic carbocycles. The zero-order valence-corrected chi connectivity index (χ0v) is 21.7. The fraction of sp³-hybridized carbons (Fsp3) is 0.259. The van der Waals surface area contributed by atoms with Crippen molar-refractivity contribution in [3.05, 3.63) is 75.3 Å². The summed E-state index contributed by atoms with van der Waals surface area (Å²) in [4.78, 5) is 48.7. The third kappa shape index (κ3) is 6.66. The number of ether oxygens (including phenoxy) is 3. The first-order valence-corrected chi connectivity index (χ1v) is 11.6. The normalized spacial score (nSPS) is 11.3. The predicted octanol–water partition coefficient (Wildman–Crippen LogP) is 2.65. The smallest absolute Gasteiger partial charge is 0.343 e. The number of rotatable bonds is 11. The van der Waals surface area contributed by atoms with E-state index < -0.39 is 35.9 Å². The van der Waals surface area contributed by atoms with E-state index in [9.17, 15) is 24.3 Å². The molecule has 1 aromatic heterocycles. The number of hydrogen-bond acceptors (Lipinski definition) is 9. The predicted molar refractivity (Wildman–Crippen MR) is 139 cm³/mol. The molecule has 3 rings (SSSR count). The van der Waals surface area contributed by atoms with E-state index in [1.807, 2.05) is 0 Å². The summed E-state index contributed by atoms with van der Waals surface area (Å²) >= 11 is 0. The highest BCUT2D eigenvalue weighted by Gasteiger charge is 2.30. The van der Waals surface area contributed by atoms with Crippen LogP contribution in [0.25, 0.3) is 0 Å². The van der Waals surface area contributed by atoms with E-state index in [0.717, 1.165) is 0 Å². The molecule has 0 aliphatic rings. The largest absolute Gasteiger partial charge is 0.507 e. The van der Waals surface area contributed by atoms with Crippen LogP contribution in [0, 0.1) is 6.92 Å². The molecule has 0 bridgehead atoms. The molecule has 12 heteroatoms. The Morgan fingerprint density at radius 2 is 1.64 bits per heavy atom. The van der Waals surface area contributed by atoms with Gasteiger partial charge in [-0.1, -0.05) is 6.07 Å². The maximum absolute atomic E-state index is 13.2. The van der Waals surface area contributed by atoms with Gasteiger partial charge < -0.3 is 39.5 Å². The zero-order valence-electron chi connectivity index (χ0n) is 21.7. The number of methoxy groups -OCH3 is 3. The van der Waals surface area contributed by atoms with Gasteiger partial charge in [0.15, 0.2) is 11.5 Å². The van der Waals surface area contributed by atoms with Crippen LogP contribution >= 0.6 is 0 Å². The van der Waals surface area contributed by atoms with Gasteiger partial charge in [0, 0.05) is 35.2 Å². The standard InChI is InChI=1S/C27H28N2O10/c1-14-11-19(30)23(27(35)39-14)18(17-9-10-20(36-2)25(38-4)24(17)37-3)12-21(31)29-16-7-5-15(6-8-16)26(34)28-13-22(32)33/h5-11,18,30H,12-13H2,1-4H3,(H,28,34)(H,29,31)(H,32,33). The molecule has 1 atom stereocenters. The summed E-state index contributed by atoms with van der Waals surface area (Å²) in [7, 11) is 4.25. The van der Waals surface area contributed by atoms with E-state index in [0.29, 0.717) is 17.0 Å². The van der Waals surface area contributed by atoms with Crippen LogP contribution in [0.3, 0.4) is 0 Å². The van der Waals surface area contributed by atoms with Crippen LogP contribution in [0.5, 0.6) is 23.0 Å². The van der Waals surface area contributed by atoms with Crippen LogP contribution in [-0.4, -0.2) is 55.9 Å². The Kier molecular flexibility index (Phi) is 9.15. The molecule has 1 unspecified atom stereocenters. The van der Waals surface area contributed by atoms with E-state index in [4.69, 9.17) is 23.7 Å². The van der Waals surface area contributed by atoms with Crippen molar-refractivity contribution in [1.29, 1.82) is 0 Å². The molecule has 3 aromatic rings. The highest BCUT2D eigenvalue weighted by molar-refractivity contribution is 5.97. The maximum Gasteiger partial charge on any atom is 0.343 e. The van der Waals surface area contributed by atoms with Crippen LogP contribution in [0.1, 0.15) is 39.6 Å². The minimum atomic E-state index is -1.18. The molecule has 0 radical (unpaired) electrons. The fourth-order valence-electron chi connectivity index (χ4n) is 4.05. The quantitative estimate of drug-likeness (QED) is 0.283. The number of benzene rings is 2. The molecule has 39 heavy (non-hydrogen) atoms. The Balaban J connectivity index is 1.96. The lowest BCUT2D eigenvalue weighted by Gasteiger charge is -2.22. The van der Waals surface area contributed by atoms with Gasteiger partial charge in [0.2, 0.25) is 11.7 Å². The van der Waals surface area contributed by atoms with Gasteiger partial charge in [0.1, 0.15) is 18.1 Å². The summed E-state index contributed by atoms with van der Waals surface area (Å²) in [6.07, 6.45) is -0.311. The van der Waals surface area contributed by atoms with Crippen molar-refractivity contribution in [3.63, 3.8) is 0 Å². The maximum atomic E-state index is 13.2. The summed E-state index contributed by atoms with van der Waals surface area (Å²) in [6, 6.07) is 10.2. The van der Waals surface area contributed by atoms with Crippen LogP contribution in [0.4, 0.5) is 5.69 Å². The number of nitrogens with one attached hydrogen (secondary N) is 2. The van der Waals surface area contributed by atoms with E-state index in [-0.39, 0.29) is 40.6 Å². The minimum Gasteiger partial charge on any atom is -0.507 e. The SMILES string of the molecule is COc1ccc(C(CC(=O)Nc2ccc(C(=O)NCC(=O)O)cc2)c2c(O)cc(C)oc2=O)c(OC)c1OC. The Labute approximate surface area is 223 Å². The van der Waals surface area contributed by atoms with Gasteiger partial charge in [-0.2, -0.15) is 0 Å². The topological polar surface area (TPSA) is 174 Å². The number of carbonyl (C=O) groups is 3. The molecule has 0 spiro atoms. The molecule has 0 aliphatic carbocycles. The fourth-order valence-corrected chi connectivity index (χ4v) is 4.05. The monoisotopic (exact) mass is 540 g/mol. The zero-order chi connectivity index (χ0) is 28.7. The van der Waals surface area contributed by atoms with Crippen LogP contribution < -0.4 is 30.5 Å². The second kappa shape index (κ2) is 12.5. The van der Waals surface area contributed by atoms with Crippen molar-refractivity contribution in [3.8, 4) is 23.0 Å². The lowest BCUT2D eigenvalue weighted by Crippen LogP contribution is -2.29. The number of aryl methyl sites for hydroxylation is 1. The molecule has 1 heterocycles. The number of hydrogen-bond donors (Lipinski definition) is 4. The summed E-state index contributed by atoms with van der Waals surface area (Å²) in [6.45, 7) is 0.980. The van der Waals surface area contributed by atoms with E-state index in [2.05, 4.69) is 10.6 Å². The average molecular weight is 541 g/mol. The lowest BCUT2D eigenvalue weighted by atomic mass is 9.87. The highest BCUT2D eigenvalue weighted by Crippen LogP contribution is 2.46. The van der Waals surface area contributed by atoms with Gasteiger partial charge >= 0.3 is 11.6 Å². The molecular weight excluding hydrogens is 512 g/mol. The Bertz CT molecular complexity index is 1430. The van der Waals surface area contributed by atoms with Crippen LogP contribution in [0.2, 0.25) is 0 Å². The number of aromatic hydroxyl groups is 1. The number of carboxylic acid groups (broad SMARTS) is 1. The van der Waals surface area contributed by atoms with Crippen molar-refractivity contribution >= 4 is 23.5 Å². The van der Waals surface area contributed by atoms with E-state index >= 15 is 0 Å². The minimum absolute atomic E-state index is 0.147. The first-order valence-electron chi connectivity index (χ1n) is 11.6. The van der Waals surface area contributed by atoms with Crippen molar-refractivity contribution in [2.45, 2.75) is 19.3 Å². The van der Waals surface area contributed by atoms with Gasteiger partial charge in [-0.05, 0) is 37.3 Å². The van der Waals surface area contributed by atoms with Gasteiger partial charge in [0.05, 0.1) is 26.9 Å². The van der Waals surface area contributed by atoms with Crippen molar-refractivity contribution in [1.82, 2.24) is 5.32 Å². The van der Waals surface area contributed by atoms with Crippen molar-refractivity contribution < 1.29 is 43.2 Å². The lowest BCUT2D eigenvalue weighted by molar-refractivity contribution is -0.135. The summed E-state index contributed by atoms with van der Waals surface area (Å²) in [5.41, 5.74) is -0.0647. The number of carbonyl (C=O) groups excluding carboxylic acids is 2. The van der Waals surface area contributed by atoms with Crippen molar-refractivity contribution in [2.75, 3.05) is 33.2 Å². The number of carboxylic acids is 1. The number of amides is 2. The van der Waals surface area contributed by atoms with E-state index in [1.165, 1.54) is 58.6 Å². The molecule has 206 valence electrons. The third-order valence-electron chi connectivity index (χ3n) is 5.77. The van der Waals surface area contributed by atoms with Gasteiger partial charge in [-0.15, -0.1) is 0 Å². The van der Waals surface area contributed by atoms with Gasteiger partial charge in [0.25, 0.3) is 5.91 Å². The first-order chi connectivity index (χ1) is 18.6. The highest BCUT2D eigenvalue weighted by atomic mass is 16.5. The first kappa shape index (κ1) is 28.6. The van der Waals surface area contributed by atoms with Crippen LogP contribution in [0.15, 0.2) is 51.7 Å². The van der Waals surface area contributed by atoms with Gasteiger partial charge in [-0.25, -0.2) is 4.79 Å². The number of aliphatic carboxylic acids is 1. The Morgan fingerprint density at radius 1 is 0.974 bits per heavy atom. The van der Waals surface area contributed by atoms with Crippen LogP contribution in [-0.2, 0) is 9.59 Å². The molecule has 2 amide bonds. The molecular formula is C27H28N2O10. The summed E-state index contributed by atoms with van der Waals surface area (Å²) in [5.74, 6) is -2.68. The third-order valence-corrected chi connectivity index (χ3v) is 5.77. The molecule has 0 aliphatic heterocycles. The molecule has 0 fully saturated rings. The second-order valence-corrected chi connectivity index (χ2v) is 8.33. The summed E-state index contributed by atoms with van der Waals surface area (Å²) in [5, 5.41) is 24.3. The van der Waals surface area contributed by atoms with Crippen molar-refractivity contribution in [2.24, 2.45) is 0 Å². The number of anilines is 1. The molecule has 0 saturated heterocycles. The van der Waals surface area contributed by atoms with Gasteiger partial charge in [-0.3, -0.25) is 14.4 Å². The Hall–Kier alpha value is -5.00. The summed E-state index contributed by atoms with van der Waals surface area (Å²) < 4.78 is 21.5. The molecule has 0 saturated carbocycles. The molecule has 12 nitrogen and oxygen atoms in total. The average Bonchev–Trinajstić information content (AvgIpc) is 2.89. The van der Waals surface area contributed by atoms with E-state index in [1.54, 1.807) is 12.1 Å². The Morgan fingerprint density at radius 3 is 2.21 bits per heavy atom.